The first kappa shape index (κ1) is 13.7. The van der Waals surface area contributed by atoms with Crippen LogP contribution in [0.15, 0.2) is 61.1 Å². The van der Waals surface area contributed by atoms with Gasteiger partial charge < -0.3 is 4.98 Å². The number of rotatable bonds is 4. The van der Waals surface area contributed by atoms with Gasteiger partial charge in [0, 0.05) is 11.6 Å². The number of H-pyrrole nitrogens is 2. The minimum atomic E-state index is -0.431. The standard InChI is InChI=1S/C16H12N4O2/c21-15(11-6-2-1-3-7-11)13-14(19-10-18-13)16(22)20-12-8-4-5-9-17-12/h1-10H,(H,18,19)(H,17,20,22)/p+1. The summed E-state index contributed by atoms with van der Waals surface area (Å²) in [5.41, 5.74) is 0.709. The number of carbonyl (C=O) groups is 2. The van der Waals surface area contributed by atoms with E-state index < -0.39 is 5.91 Å². The van der Waals surface area contributed by atoms with E-state index >= 15 is 0 Å². The van der Waals surface area contributed by atoms with Crippen LogP contribution < -0.4 is 10.3 Å². The molecular weight excluding hydrogens is 280 g/mol. The van der Waals surface area contributed by atoms with Crippen LogP contribution in [0, 0.1) is 0 Å². The van der Waals surface area contributed by atoms with Gasteiger partial charge in [0.25, 0.3) is 5.82 Å². The molecule has 0 saturated carbocycles. The number of amides is 1. The van der Waals surface area contributed by atoms with Crippen molar-refractivity contribution in [3.8, 4) is 0 Å². The van der Waals surface area contributed by atoms with Crippen LogP contribution in [-0.4, -0.2) is 21.7 Å². The van der Waals surface area contributed by atoms with Crippen molar-refractivity contribution < 1.29 is 14.6 Å². The fourth-order valence-electron chi connectivity index (χ4n) is 2.02. The third-order valence-electron chi connectivity index (χ3n) is 3.07. The van der Waals surface area contributed by atoms with Gasteiger partial charge in [0.15, 0.2) is 5.69 Å². The molecule has 0 saturated heterocycles. The van der Waals surface area contributed by atoms with E-state index in [0.29, 0.717) is 11.4 Å². The number of nitrogens with zero attached hydrogens (tertiary/aromatic N) is 1. The number of hydrogen-bond acceptors (Lipinski definition) is 3. The Morgan fingerprint density at radius 1 is 1.05 bits per heavy atom. The molecule has 6 heteroatoms. The third-order valence-corrected chi connectivity index (χ3v) is 3.07. The minimum Gasteiger partial charge on any atom is -0.338 e. The lowest BCUT2D eigenvalue weighted by molar-refractivity contribution is -0.360. The van der Waals surface area contributed by atoms with Gasteiger partial charge >= 0.3 is 5.91 Å². The highest BCUT2D eigenvalue weighted by Gasteiger charge is 2.24. The SMILES string of the molecule is O=C(c1ccccc1)c1nc[nH]c1C(=O)Nc1cccc[nH+]1. The quantitative estimate of drug-likeness (QED) is 0.718. The van der Waals surface area contributed by atoms with Crippen molar-refractivity contribution >= 4 is 17.5 Å². The second-order valence-electron chi connectivity index (χ2n) is 4.55. The van der Waals surface area contributed by atoms with E-state index in [9.17, 15) is 9.59 Å². The first-order valence-electron chi connectivity index (χ1n) is 6.67. The van der Waals surface area contributed by atoms with Crippen LogP contribution in [0.2, 0.25) is 0 Å². The zero-order chi connectivity index (χ0) is 15.4. The maximum absolute atomic E-state index is 12.4. The molecule has 22 heavy (non-hydrogen) atoms. The van der Waals surface area contributed by atoms with Crippen LogP contribution in [0.5, 0.6) is 0 Å². The van der Waals surface area contributed by atoms with Gasteiger partial charge in [-0.05, 0) is 6.07 Å². The molecule has 0 fully saturated rings. The molecule has 0 aliphatic rings. The first-order chi connectivity index (χ1) is 10.8. The highest BCUT2D eigenvalue weighted by molar-refractivity contribution is 6.15. The molecule has 0 atom stereocenters. The molecule has 0 unspecified atom stereocenters. The number of carbonyl (C=O) groups excluding carboxylic acids is 2. The van der Waals surface area contributed by atoms with Gasteiger partial charge in [0.05, 0.1) is 12.5 Å². The highest BCUT2D eigenvalue weighted by atomic mass is 16.2. The first-order valence-corrected chi connectivity index (χ1v) is 6.67. The number of anilines is 1. The monoisotopic (exact) mass is 293 g/mol. The second kappa shape index (κ2) is 6.01. The number of aromatic nitrogens is 3. The molecule has 108 valence electrons. The van der Waals surface area contributed by atoms with E-state index in [1.54, 1.807) is 48.7 Å². The smallest absolute Gasteiger partial charge is 0.338 e. The normalized spacial score (nSPS) is 10.2. The van der Waals surface area contributed by atoms with E-state index in [1.165, 1.54) is 6.33 Å². The summed E-state index contributed by atoms with van der Waals surface area (Å²) in [6.45, 7) is 0. The van der Waals surface area contributed by atoms with Crippen LogP contribution in [-0.2, 0) is 0 Å². The predicted octanol–water partition coefficient (Wildman–Crippen LogP) is 1.71. The Morgan fingerprint density at radius 2 is 1.82 bits per heavy atom. The Bertz CT molecular complexity index is 797. The Hall–Kier alpha value is -3.28. The number of nitrogens with one attached hydrogen (secondary N) is 3. The molecule has 0 radical (unpaired) electrons. The van der Waals surface area contributed by atoms with Gasteiger partial charge in [-0.2, -0.15) is 0 Å². The summed E-state index contributed by atoms with van der Waals surface area (Å²) < 4.78 is 0. The average Bonchev–Trinajstić information content (AvgIpc) is 3.05. The van der Waals surface area contributed by atoms with Crippen molar-refractivity contribution in [3.05, 3.63) is 78.0 Å². The fourth-order valence-corrected chi connectivity index (χ4v) is 2.02. The van der Waals surface area contributed by atoms with Gasteiger partial charge in [-0.3, -0.25) is 4.79 Å². The summed E-state index contributed by atoms with van der Waals surface area (Å²) in [6, 6.07) is 14.0. The Labute approximate surface area is 126 Å². The molecule has 0 aliphatic carbocycles. The van der Waals surface area contributed by atoms with Crippen molar-refractivity contribution in [2.45, 2.75) is 0 Å². The number of benzene rings is 1. The highest BCUT2D eigenvalue weighted by Crippen LogP contribution is 2.12. The van der Waals surface area contributed by atoms with Gasteiger partial charge in [-0.15, -0.1) is 0 Å². The topological polar surface area (TPSA) is 89.0 Å². The van der Waals surface area contributed by atoms with Crippen molar-refractivity contribution in [1.82, 2.24) is 9.97 Å². The van der Waals surface area contributed by atoms with Crippen LogP contribution in [0.3, 0.4) is 0 Å². The molecule has 2 aromatic heterocycles. The van der Waals surface area contributed by atoms with Crippen LogP contribution in [0.25, 0.3) is 0 Å². The predicted molar refractivity (Wildman–Crippen MR) is 79.4 cm³/mol. The van der Waals surface area contributed by atoms with Crippen molar-refractivity contribution in [3.63, 3.8) is 0 Å². The number of pyridine rings is 1. The number of hydrogen-bond donors (Lipinski definition) is 2. The summed E-state index contributed by atoms with van der Waals surface area (Å²) in [7, 11) is 0. The lowest BCUT2D eigenvalue weighted by Crippen LogP contribution is -2.21. The molecule has 2 heterocycles. The lowest BCUT2D eigenvalue weighted by atomic mass is 10.1. The summed E-state index contributed by atoms with van der Waals surface area (Å²) in [6.07, 6.45) is 3.03. The van der Waals surface area contributed by atoms with Gasteiger partial charge in [-0.1, -0.05) is 36.4 Å². The van der Waals surface area contributed by atoms with E-state index in [0.717, 1.165) is 0 Å². The molecule has 3 rings (SSSR count). The fraction of sp³-hybridized carbons (Fsp3) is 0. The van der Waals surface area contributed by atoms with Crippen LogP contribution in [0.1, 0.15) is 26.5 Å². The molecule has 3 aromatic rings. The van der Waals surface area contributed by atoms with Crippen molar-refractivity contribution in [2.24, 2.45) is 0 Å². The third kappa shape index (κ3) is 2.76. The number of aromatic amines is 2. The van der Waals surface area contributed by atoms with E-state index in [4.69, 9.17) is 0 Å². The van der Waals surface area contributed by atoms with Crippen LogP contribution >= 0.6 is 0 Å². The molecule has 0 aliphatic heterocycles. The maximum Gasteiger partial charge on any atom is 0.357 e. The zero-order valence-corrected chi connectivity index (χ0v) is 11.5. The van der Waals surface area contributed by atoms with E-state index in [1.807, 2.05) is 6.07 Å². The zero-order valence-electron chi connectivity index (χ0n) is 11.5. The van der Waals surface area contributed by atoms with Crippen LogP contribution in [0.4, 0.5) is 5.82 Å². The molecule has 1 amide bonds. The maximum atomic E-state index is 12.4. The molecule has 6 nitrogen and oxygen atoms in total. The Balaban J connectivity index is 1.86. The van der Waals surface area contributed by atoms with Gasteiger partial charge in [0.1, 0.15) is 5.69 Å². The lowest BCUT2D eigenvalue weighted by Gasteiger charge is -2.00. The second-order valence-corrected chi connectivity index (χ2v) is 4.55. The van der Waals surface area contributed by atoms with E-state index in [2.05, 4.69) is 20.3 Å². The molecule has 1 aromatic carbocycles. The van der Waals surface area contributed by atoms with Crippen molar-refractivity contribution in [2.75, 3.05) is 5.32 Å². The summed E-state index contributed by atoms with van der Waals surface area (Å²) in [4.78, 5) is 34.3. The summed E-state index contributed by atoms with van der Waals surface area (Å²) >= 11 is 0. The van der Waals surface area contributed by atoms with Gasteiger partial charge in [-0.25, -0.2) is 20.1 Å². The number of imidazole rings is 1. The van der Waals surface area contributed by atoms with Crippen molar-refractivity contribution in [1.29, 1.82) is 0 Å². The molecular formula is C16H13N4O2+. The minimum absolute atomic E-state index is 0.0969. The largest absolute Gasteiger partial charge is 0.357 e. The van der Waals surface area contributed by atoms with Gasteiger partial charge in [0.2, 0.25) is 5.78 Å². The number of ketones is 1. The summed E-state index contributed by atoms with van der Waals surface area (Å²) in [5.74, 6) is -0.205. The molecule has 0 bridgehead atoms. The molecule has 0 spiro atoms. The Morgan fingerprint density at radius 3 is 2.55 bits per heavy atom. The summed E-state index contributed by atoms with van der Waals surface area (Å²) in [5, 5.41) is 2.67. The Kier molecular flexibility index (Phi) is 3.74. The molecule has 3 N–H and O–H groups in total. The van der Waals surface area contributed by atoms with E-state index in [-0.39, 0.29) is 17.2 Å². The average molecular weight is 293 g/mol.